The van der Waals surface area contributed by atoms with E-state index in [1.807, 2.05) is 13.1 Å². The first-order valence-electron chi connectivity index (χ1n) is 7.50. The van der Waals surface area contributed by atoms with Crippen LogP contribution in [-0.2, 0) is 4.79 Å². The summed E-state index contributed by atoms with van der Waals surface area (Å²) in [6, 6.07) is 6.46. The lowest BCUT2D eigenvalue weighted by Gasteiger charge is -2.34. The Kier molecular flexibility index (Phi) is 5.48. The number of piperidine rings is 1. The molecule has 2 N–H and O–H groups in total. The van der Waals surface area contributed by atoms with Gasteiger partial charge < -0.3 is 15.5 Å². The first kappa shape index (κ1) is 16.1. The van der Waals surface area contributed by atoms with Crippen LogP contribution in [0.1, 0.15) is 31.4 Å². The van der Waals surface area contributed by atoms with Gasteiger partial charge in [0.15, 0.2) is 0 Å². The second-order valence-corrected chi connectivity index (χ2v) is 6.03. The van der Waals surface area contributed by atoms with E-state index in [1.54, 1.807) is 7.05 Å². The van der Waals surface area contributed by atoms with Crippen LogP contribution in [0, 0.1) is 5.92 Å². The van der Waals surface area contributed by atoms with E-state index < -0.39 is 0 Å². The minimum Gasteiger partial charge on any atom is -0.370 e. The summed E-state index contributed by atoms with van der Waals surface area (Å²) in [5.74, 6) is 0.173. The molecule has 21 heavy (non-hydrogen) atoms. The molecule has 2 atom stereocenters. The van der Waals surface area contributed by atoms with Crippen LogP contribution in [0.25, 0.3) is 0 Å². The highest BCUT2D eigenvalue weighted by Crippen LogP contribution is 2.32. The largest absolute Gasteiger partial charge is 0.370 e. The topological polar surface area (TPSA) is 44.4 Å². The molecule has 2 rings (SSSR count). The number of carbonyl (C=O) groups excluding carboxylic acids is 1. The SMILES string of the molecule is CNC(=O)C1CCCN(c2ccc(C(C)NC)cc2Cl)C1. The van der Waals surface area contributed by atoms with Crippen molar-refractivity contribution in [3.05, 3.63) is 28.8 Å². The van der Waals surface area contributed by atoms with Crippen LogP contribution in [0.2, 0.25) is 5.02 Å². The summed E-state index contributed by atoms with van der Waals surface area (Å²) in [4.78, 5) is 14.1. The van der Waals surface area contributed by atoms with Gasteiger partial charge in [-0.2, -0.15) is 0 Å². The van der Waals surface area contributed by atoms with Crippen LogP contribution >= 0.6 is 11.6 Å². The standard InChI is InChI=1S/C16H24ClN3O/c1-11(18-2)12-6-7-15(14(17)9-12)20-8-4-5-13(10-20)16(21)19-3/h6-7,9,11,13,18H,4-5,8,10H2,1-3H3,(H,19,21). The molecule has 0 aliphatic carbocycles. The quantitative estimate of drug-likeness (QED) is 0.898. The fourth-order valence-electron chi connectivity index (χ4n) is 2.83. The normalized spacial score (nSPS) is 20.2. The first-order valence-corrected chi connectivity index (χ1v) is 7.88. The molecule has 1 aromatic carbocycles. The zero-order chi connectivity index (χ0) is 15.4. The molecule has 0 spiro atoms. The Morgan fingerprint density at radius 2 is 2.19 bits per heavy atom. The van der Waals surface area contributed by atoms with Gasteiger partial charge in [-0.05, 0) is 44.5 Å². The molecule has 1 fully saturated rings. The van der Waals surface area contributed by atoms with Crippen LogP contribution in [0.3, 0.4) is 0 Å². The molecule has 1 aliphatic heterocycles. The lowest BCUT2D eigenvalue weighted by molar-refractivity contribution is -0.124. The average molecular weight is 310 g/mol. The maximum absolute atomic E-state index is 11.8. The maximum Gasteiger partial charge on any atom is 0.224 e. The maximum atomic E-state index is 11.8. The Morgan fingerprint density at radius 1 is 1.43 bits per heavy atom. The van der Waals surface area contributed by atoms with E-state index in [0.29, 0.717) is 0 Å². The lowest BCUT2D eigenvalue weighted by Crippen LogP contribution is -2.42. The monoisotopic (exact) mass is 309 g/mol. The number of carbonyl (C=O) groups is 1. The molecule has 0 aromatic heterocycles. The van der Waals surface area contributed by atoms with E-state index in [4.69, 9.17) is 11.6 Å². The molecule has 5 heteroatoms. The van der Waals surface area contributed by atoms with Gasteiger partial charge in [0.2, 0.25) is 5.91 Å². The number of benzene rings is 1. The van der Waals surface area contributed by atoms with Crippen molar-refractivity contribution in [3.63, 3.8) is 0 Å². The number of nitrogens with zero attached hydrogens (tertiary/aromatic N) is 1. The molecule has 1 heterocycles. The summed E-state index contributed by atoms with van der Waals surface area (Å²) < 4.78 is 0. The smallest absolute Gasteiger partial charge is 0.224 e. The highest BCUT2D eigenvalue weighted by Gasteiger charge is 2.26. The predicted octanol–water partition coefficient (Wildman–Crippen LogP) is 2.58. The number of anilines is 1. The average Bonchev–Trinajstić information content (AvgIpc) is 2.53. The Bertz CT molecular complexity index is 506. The molecule has 116 valence electrons. The lowest BCUT2D eigenvalue weighted by atomic mass is 9.96. The number of amides is 1. The summed E-state index contributed by atoms with van der Waals surface area (Å²) >= 11 is 6.45. The summed E-state index contributed by atoms with van der Waals surface area (Å²) in [6.07, 6.45) is 1.96. The molecule has 1 aliphatic rings. The van der Waals surface area contributed by atoms with Crippen molar-refractivity contribution >= 4 is 23.2 Å². The number of halogens is 1. The van der Waals surface area contributed by atoms with Gasteiger partial charge in [0, 0.05) is 26.2 Å². The van der Waals surface area contributed by atoms with Crippen LogP contribution < -0.4 is 15.5 Å². The third-order valence-corrected chi connectivity index (χ3v) is 4.59. The first-order chi connectivity index (χ1) is 10.1. The van der Waals surface area contributed by atoms with Crippen molar-refractivity contribution in [1.82, 2.24) is 10.6 Å². The molecule has 1 aromatic rings. The molecule has 2 unspecified atom stereocenters. The van der Waals surface area contributed by atoms with Gasteiger partial charge in [0.1, 0.15) is 0 Å². The molecular weight excluding hydrogens is 286 g/mol. The minimum absolute atomic E-state index is 0.0516. The fourth-order valence-corrected chi connectivity index (χ4v) is 3.14. The van der Waals surface area contributed by atoms with Gasteiger partial charge in [-0.3, -0.25) is 4.79 Å². The van der Waals surface area contributed by atoms with Crippen molar-refractivity contribution in [2.75, 3.05) is 32.1 Å². The predicted molar refractivity (Wildman–Crippen MR) is 87.9 cm³/mol. The van der Waals surface area contributed by atoms with E-state index in [-0.39, 0.29) is 17.9 Å². The Balaban J connectivity index is 2.16. The van der Waals surface area contributed by atoms with E-state index in [2.05, 4.69) is 34.6 Å². The number of hydrogen-bond acceptors (Lipinski definition) is 3. The second-order valence-electron chi connectivity index (χ2n) is 5.62. The highest BCUT2D eigenvalue weighted by molar-refractivity contribution is 6.33. The van der Waals surface area contributed by atoms with E-state index in [0.717, 1.165) is 36.6 Å². The van der Waals surface area contributed by atoms with Crippen LogP contribution in [0.4, 0.5) is 5.69 Å². The van der Waals surface area contributed by atoms with Crippen molar-refractivity contribution in [2.45, 2.75) is 25.8 Å². The third kappa shape index (κ3) is 3.69. The Labute approximate surface area is 131 Å². The molecule has 4 nitrogen and oxygen atoms in total. The number of nitrogens with one attached hydrogen (secondary N) is 2. The van der Waals surface area contributed by atoms with Gasteiger partial charge in [-0.1, -0.05) is 17.7 Å². The van der Waals surface area contributed by atoms with Gasteiger partial charge in [-0.15, -0.1) is 0 Å². The zero-order valence-corrected chi connectivity index (χ0v) is 13.7. The molecule has 0 saturated carbocycles. The van der Waals surface area contributed by atoms with E-state index >= 15 is 0 Å². The molecule has 1 amide bonds. The number of rotatable bonds is 4. The van der Waals surface area contributed by atoms with Crippen LogP contribution in [0.15, 0.2) is 18.2 Å². The molecule has 1 saturated heterocycles. The summed E-state index contributed by atoms with van der Waals surface area (Å²) in [7, 11) is 3.63. The molecular formula is C16H24ClN3O. The van der Waals surface area contributed by atoms with E-state index in [1.165, 1.54) is 5.56 Å². The van der Waals surface area contributed by atoms with Gasteiger partial charge in [-0.25, -0.2) is 0 Å². The summed E-state index contributed by atoms with van der Waals surface area (Å²) in [5.41, 5.74) is 2.20. The van der Waals surface area contributed by atoms with Crippen LogP contribution in [0.5, 0.6) is 0 Å². The van der Waals surface area contributed by atoms with Crippen molar-refractivity contribution < 1.29 is 4.79 Å². The number of hydrogen-bond donors (Lipinski definition) is 2. The minimum atomic E-state index is 0.0516. The van der Waals surface area contributed by atoms with Crippen molar-refractivity contribution in [1.29, 1.82) is 0 Å². The second kappa shape index (κ2) is 7.14. The third-order valence-electron chi connectivity index (χ3n) is 4.28. The van der Waals surface area contributed by atoms with Crippen molar-refractivity contribution in [3.8, 4) is 0 Å². The van der Waals surface area contributed by atoms with Crippen LogP contribution in [-0.4, -0.2) is 33.1 Å². The molecule has 0 bridgehead atoms. The van der Waals surface area contributed by atoms with Gasteiger partial charge >= 0.3 is 0 Å². The Morgan fingerprint density at radius 3 is 2.81 bits per heavy atom. The van der Waals surface area contributed by atoms with Crippen molar-refractivity contribution in [2.24, 2.45) is 5.92 Å². The van der Waals surface area contributed by atoms with E-state index in [9.17, 15) is 4.79 Å². The Hall–Kier alpha value is -1.26. The zero-order valence-electron chi connectivity index (χ0n) is 12.9. The summed E-state index contributed by atoms with van der Waals surface area (Å²) in [5, 5.41) is 6.71. The molecule has 0 radical (unpaired) electrons. The summed E-state index contributed by atoms with van der Waals surface area (Å²) in [6.45, 7) is 3.79. The van der Waals surface area contributed by atoms with Gasteiger partial charge in [0.25, 0.3) is 0 Å². The highest BCUT2D eigenvalue weighted by atomic mass is 35.5. The fraction of sp³-hybridized carbons (Fsp3) is 0.562. The van der Waals surface area contributed by atoms with Gasteiger partial charge in [0.05, 0.1) is 16.6 Å².